The molecule has 0 radical (unpaired) electrons. The van der Waals surface area contributed by atoms with Gasteiger partial charge in [0.25, 0.3) is 11.7 Å². The Balaban J connectivity index is 1.53. The van der Waals surface area contributed by atoms with Crippen LogP contribution in [-0.2, 0) is 16.0 Å². The number of aliphatic hydroxyl groups excluding tert-OH is 1. The number of benzene rings is 2. The highest BCUT2D eigenvalue weighted by atomic mass is 32.1. The zero-order chi connectivity index (χ0) is 24.5. The highest BCUT2D eigenvalue weighted by Crippen LogP contribution is 2.42. The Hall–Kier alpha value is -3.84. The number of fused-ring (bicyclic) bond motifs is 1. The van der Waals surface area contributed by atoms with E-state index in [9.17, 15) is 14.7 Å². The quantitative estimate of drug-likeness (QED) is 0.202. The van der Waals surface area contributed by atoms with Crippen LogP contribution in [0.15, 0.2) is 71.7 Å². The number of hydrogen-bond acceptors (Lipinski definition) is 5. The van der Waals surface area contributed by atoms with Crippen molar-refractivity contribution in [2.75, 3.05) is 13.2 Å². The van der Waals surface area contributed by atoms with Gasteiger partial charge in [-0.1, -0.05) is 18.2 Å². The average Bonchev–Trinajstić information content (AvgIpc) is 3.55. The van der Waals surface area contributed by atoms with Crippen LogP contribution in [-0.4, -0.2) is 39.8 Å². The molecule has 3 heterocycles. The summed E-state index contributed by atoms with van der Waals surface area (Å²) in [5.41, 5.74) is 3.70. The Bertz CT molecular complexity index is 1430. The summed E-state index contributed by atoms with van der Waals surface area (Å²) < 4.78 is 5.49. The minimum atomic E-state index is -0.659. The number of Topliss-reactive ketones (excluding diaryl/α,β-unsaturated/α-hetero) is 1. The molecule has 1 amide bonds. The van der Waals surface area contributed by atoms with Crippen LogP contribution in [0, 0.1) is 6.92 Å². The van der Waals surface area contributed by atoms with Crippen LogP contribution in [0.4, 0.5) is 0 Å². The lowest BCUT2D eigenvalue weighted by atomic mass is 9.98. The molecule has 35 heavy (non-hydrogen) atoms. The molecule has 0 aliphatic carbocycles. The molecule has 1 saturated heterocycles. The predicted molar refractivity (Wildman–Crippen MR) is 138 cm³/mol. The van der Waals surface area contributed by atoms with Gasteiger partial charge in [-0.2, -0.15) is 0 Å². The number of rotatable bonds is 7. The third-order valence-electron chi connectivity index (χ3n) is 6.43. The monoisotopic (exact) mass is 486 g/mol. The molecule has 2 aromatic carbocycles. The predicted octanol–water partition coefficient (Wildman–Crippen LogP) is 5.60. The maximum atomic E-state index is 13.3. The molecule has 2 aromatic heterocycles. The maximum Gasteiger partial charge on any atom is 0.295 e. The number of ketones is 1. The fraction of sp³-hybridized carbons (Fsp3) is 0.214. The number of aromatic nitrogens is 1. The van der Waals surface area contributed by atoms with Gasteiger partial charge in [0.05, 0.1) is 18.2 Å². The van der Waals surface area contributed by atoms with Gasteiger partial charge < -0.3 is 19.7 Å². The number of aromatic amines is 1. The molecule has 0 saturated carbocycles. The van der Waals surface area contributed by atoms with Gasteiger partial charge in [-0.05, 0) is 73.2 Å². The first-order valence-electron chi connectivity index (χ1n) is 11.6. The van der Waals surface area contributed by atoms with Gasteiger partial charge in [-0.25, -0.2) is 0 Å². The van der Waals surface area contributed by atoms with Crippen molar-refractivity contribution in [2.45, 2.75) is 26.3 Å². The second kappa shape index (κ2) is 9.43. The fourth-order valence-corrected chi connectivity index (χ4v) is 5.71. The highest BCUT2D eigenvalue weighted by molar-refractivity contribution is 7.10. The number of carbonyl (C=O) groups excluding carboxylic acids is 2. The average molecular weight is 487 g/mol. The van der Waals surface area contributed by atoms with E-state index in [0.717, 1.165) is 26.9 Å². The van der Waals surface area contributed by atoms with Crippen molar-refractivity contribution in [1.82, 2.24) is 9.88 Å². The number of ether oxygens (including phenoxy) is 1. The smallest absolute Gasteiger partial charge is 0.295 e. The van der Waals surface area contributed by atoms with E-state index < -0.39 is 17.7 Å². The van der Waals surface area contributed by atoms with Crippen molar-refractivity contribution >= 4 is 39.7 Å². The molecular weight excluding hydrogens is 460 g/mol. The molecule has 4 aromatic rings. The molecule has 6 nitrogen and oxygen atoms in total. The largest absolute Gasteiger partial charge is 0.507 e. The van der Waals surface area contributed by atoms with E-state index in [-0.39, 0.29) is 11.3 Å². The van der Waals surface area contributed by atoms with E-state index in [2.05, 4.69) is 4.98 Å². The van der Waals surface area contributed by atoms with Crippen LogP contribution >= 0.6 is 11.3 Å². The van der Waals surface area contributed by atoms with Gasteiger partial charge >= 0.3 is 0 Å². The number of nitrogens with one attached hydrogen (secondary N) is 1. The Kier molecular flexibility index (Phi) is 6.17. The lowest BCUT2D eigenvalue weighted by molar-refractivity contribution is -0.139. The van der Waals surface area contributed by atoms with Crippen molar-refractivity contribution in [3.05, 3.63) is 93.3 Å². The third-order valence-corrected chi connectivity index (χ3v) is 7.50. The number of aliphatic hydroxyl groups is 1. The van der Waals surface area contributed by atoms with Crippen LogP contribution in [0.3, 0.4) is 0 Å². The van der Waals surface area contributed by atoms with E-state index in [4.69, 9.17) is 4.74 Å². The number of carbonyl (C=O) groups is 2. The van der Waals surface area contributed by atoms with Gasteiger partial charge in [0.1, 0.15) is 11.5 Å². The standard InChI is InChI=1S/C28H26N2O4S/c1-3-34-20-10-8-18(9-11-20)25(31)23-24(27-17(2)13-15-35-27)30(28(33)26(23)32)14-12-19-16-29-22-7-5-4-6-21(19)22/h4-11,13,15-16,24,29,31H,3,12,14H2,1-2H3/b25-23-. The van der Waals surface area contributed by atoms with Crippen LogP contribution in [0.1, 0.15) is 34.5 Å². The summed E-state index contributed by atoms with van der Waals surface area (Å²) in [4.78, 5) is 32.2. The fourth-order valence-electron chi connectivity index (χ4n) is 4.66. The molecular formula is C28H26N2O4S. The number of nitrogens with zero attached hydrogens (tertiary/aromatic N) is 1. The van der Waals surface area contributed by atoms with Crippen molar-refractivity contribution in [2.24, 2.45) is 0 Å². The molecule has 2 N–H and O–H groups in total. The van der Waals surface area contributed by atoms with Gasteiger partial charge in [0.15, 0.2) is 0 Å². The Morgan fingerprint density at radius 3 is 2.60 bits per heavy atom. The zero-order valence-electron chi connectivity index (χ0n) is 19.6. The number of likely N-dealkylation sites (tertiary alicyclic amines) is 1. The van der Waals surface area contributed by atoms with E-state index in [1.165, 1.54) is 11.3 Å². The summed E-state index contributed by atoms with van der Waals surface area (Å²) in [6, 6.07) is 16.3. The number of H-pyrrole nitrogens is 1. The number of thiophene rings is 1. The second-order valence-corrected chi connectivity index (χ2v) is 9.47. The van der Waals surface area contributed by atoms with E-state index in [1.54, 1.807) is 29.2 Å². The summed E-state index contributed by atoms with van der Waals surface area (Å²) in [7, 11) is 0. The first-order chi connectivity index (χ1) is 17.0. The molecule has 178 valence electrons. The minimum Gasteiger partial charge on any atom is -0.507 e. The number of para-hydroxylation sites is 1. The number of amides is 1. The van der Waals surface area contributed by atoms with Crippen LogP contribution in [0.5, 0.6) is 5.75 Å². The van der Waals surface area contributed by atoms with Crippen LogP contribution < -0.4 is 4.74 Å². The second-order valence-electron chi connectivity index (χ2n) is 8.53. The molecule has 0 bridgehead atoms. The first kappa shape index (κ1) is 22.9. The summed E-state index contributed by atoms with van der Waals surface area (Å²) in [5, 5.41) is 14.3. The molecule has 5 rings (SSSR count). The van der Waals surface area contributed by atoms with Gasteiger partial charge in [-0.3, -0.25) is 9.59 Å². The normalized spacial score (nSPS) is 17.4. The number of hydrogen-bond donors (Lipinski definition) is 2. The van der Waals surface area contributed by atoms with Crippen molar-refractivity contribution in [3.8, 4) is 5.75 Å². The maximum absolute atomic E-state index is 13.3. The Morgan fingerprint density at radius 2 is 1.89 bits per heavy atom. The summed E-state index contributed by atoms with van der Waals surface area (Å²) >= 11 is 1.49. The molecule has 7 heteroatoms. The summed E-state index contributed by atoms with van der Waals surface area (Å²) in [6.07, 6.45) is 2.54. The SMILES string of the molecule is CCOc1ccc(/C(O)=C2/C(=O)C(=O)N(CCc3c[nH]c4ccccc34)C2c2sccc2C)cc1. The van der Waals surface area contributed by atoms with E-state index >= 15 is 0 Å². The molecule has 1 atom stereocenters. The first-order valence-corrected chi connectivity index (χ1v) is 12.5. The van der Waals surface area contributed by atoms with Crippen molar-refractivity contribution < 1.29 is 19.4 Å². The summed E-state index contributed by atoms with van der Waals surface area (Å²) in [5.74, 6) is -0.740. The Labute approximate surface area is 207 Å². The number of aryl methyl sites for hydroxylation is 1. The lowest BCUT2D eigenvalue weighted by Gasteiger charge is -2.25. The third kappa shape index (κ3) is 4.12. The molecule has 0 spiro atoms. The highest BCUT2D eigenvalue weighted by Gasteiger charge is 2.46. The molecule has 1 fully saturated rings. The molecule has 1 aliphatic rings. The van der Waals surface area contributed by atoms with Crippen molar-refractivity contribution in [1.29, 1.82) is 0 Å². The van der Waals surface area contributed by atoms with Crippen LogP contribution in [0.25, 0.3) is 16.7 Å². The lowest BCUT2D eigenvalue weighted by Crippen LogP contribution is -2.31. The topological polar surface area (TPSA) is 82.6 Å². The van der Waals surface area contributed by atoms with Crippen LogP contribution in [0.2, 0.25) is 0 Å². The summed E-state index contributed by atoms with van der Waals surface area (Å²) in [6.45, 7) is 4.75. The zero-order valence-corrected chi connectivity index (χ0v) is 20.4. The van der Waals surface area contributed by atoms with E-state index in [1.807, 2.05) is 55.8 Å². The van der Waals surface area contributed by atoms with Gasteiger partial charge in [0, 0.05) is 34.1 Å². The van der Waals surface area contributed by atoms with Crippen molar-refractivity contribution in [3.63, 3.8) is 0 Å². The van der Waals surface area contributed by atoms with E-state index in [0.29, 0.717) is 30.9 Å². The van der Waals surface area contributed by atoms with Gasteiger partial charge in [0.2, 0.25) is 0 Å². The minimum absolute atomic E-state index is 0.128. The molecule has 1 aliphatic heterocycles. The van der Waals surface area contributed by atoms with Gasteiger partial charge in [-0.15, -0.1) is 11.3 Å². The molecule has 1 unspecified atom stereocenters. The Morgan fingerprint density at radius 1 is 1.11 bits per heavy atom.